The van der Waals surface area contributed by atoms with Crippen LogP contribution in [0.2, 0.25) is 5.02 Å². The lowest BCUT2D eigenvalue weighted by Crippen LogP contribution is -2.40. The van der Waals surface area contributed by atoms with Crippen molar-refractivity contribution >= 4 is 23.6 Å². The third-order valence-electron chi connectivity index (χ3n) is 4.48. The Kier molecular flexibility index (Phi) is 6.92. The first-order valence-corrected chi connectivity index (χ1v) is 10.3. The summed E-state index contributed by atoms with van der Waals surface area (Å²) in [6.07, 6.45) is 0.325. The number of nitrogens with zero attached hydrogens (tertiary/aromatic N) is 2. The van der Waals surface area contributed by atoms with Crippen molar-refractivity contribution in [2.24, 2.45) is 0 Å². The molecule has 162 valence electrons. The molecule has 0 unspecified atom stereocenters. The summed E-state index contributed by atoms with van der Waals surface area (Å²) in [7, 11) is 0. The molecule has 2 aromatic rings. The molecular formula is C22H27ClN2O5. The summed E-state index contributed by atoms with van der Waals surface area (Å²) in [6, 6.07) is 10.5. The first kappa shape index (κ1) is 22.0. The molecule has 0 N–H and O–H groups in total. The minimum absolute atomic E-state index is 0.194. The molecule has 0 aliphatic carbocycles. The predicted molar refractivity (Wildman–Crippen MR) is 113 cm³/mol. The molecule has 0 saturated carbocycles. The highest BCUT2D eigenvalue weighted by Gasteiger charge is 2.27. The Morgan fingerprint density at radius 3 is 2.53 bits per heavy atom. The van der Waals surface area contributed by atoms with E-state index in [9.17, 15) is 9.59 Å². The minimum Gasteiger partial charge on any atom is -0.486 e. The second-order valence-corrected chi connectivity index (χ2v) is 8.56. The average molecular weight is 435 g/mol. The topological polar surface area (TPSA) is 72.2 Å². The highest BCUT2D eigenvalue weighted by atomic mass is 35.5. The molecule has 0 radical (unpaired) electrons. The zero-order valence-corrected chi connectivity index (χ0v) is 18.3. The van der Waals surface area contributed by atoms with Crippen LogP contribution in [0.3, 0.4) is 0 Å². The van der Waals surface area contributed by atoms with Crippen LogP contribution in [0, 0.1) is 0 Å². The van der Waals surface area contributed by atoms with Gasteiger partial charge in [0.05, 0.1) is 0 Å². The minimum atomic E-state index is -0.545. The number of rotatable bonds is 4. The van der Waals surface area contributed by atoms with Crippen LogP contribution in [-0.4, -0.2) is 53.6 Å². The van der Waals surface area contributed by atoms with Gasteiger partial charge in [-0.2, -0.15) is 0 Å². The maximum absolute atomic E-state index is 12.8. The van der Waals surface area contributed by atoms with Crippen molar-refractivity contribution in [2.75, 3.05) is 26.2 Å². The van der Waals surface area contributed by atoms with Crippen LogP contribution in [0.5, 0.6) is 5.75 Å². The van der Waals surface area contributed by atoms with Crippen molar-refractivity contribution < 1.29 is 23.5 Å². The lowest BCUT2D eigenvalue weighted by atomic mass is 10.2. The van der Waals surface area contributed by atoms with Crippen molar-refractivity contribution in [3.8, 4) is 5.75 Å². The van der Waals surface area contributed by atoms with Gasteiger partial charge in [0.25, 0.3) is 5.91 Å². The Morgan fingerprint density at radius 2 is 1.80 bits per heavy atom. The maximum atomic E-state index is 12.8. The smallest absolute Gasteiger partial charge is 0.410 e. The fourth-order valence-corrected chi connectivity index (χ4v) is 3.25. The van der Waals surface area contributed by atoms with Gasteiger partial charge in [0.15, 0.2) is 5.76 Å². The third-order valence-corrected chi connectivity index (χ3v) is 4.72. The first-order valence-electron chi connectivity index (χ1n) is 9.95. The summed E-state index contributed by atoms with van der Waals surface area (Å²) < 4.78 is 16.8. The molecule has 1 aromatic heterocycles. The molecule has 30 heavy (non-hydrogen) atoms. The lowest BCUT2D eigenvalue weighted by molar-refractivity contribution is 0.0255. The summed E-state index contributed by atoms with van der Waals surface area (Å²) in [4.78, 5) is 28.5. The van der Waals surface area contributed by atoms with Gasteiger partial charge in [0, 0.05) is 31.2 Å². The van der Waals surface area contributed by atoms with Gasteiger partial charge in [0.2, 0.25) is 0 Å². The van der Waals surface area contributed by atoms with Gasteiger partial charge in [-0.15, -0.1) is 0 Å². The number of amides is 2. The van der Waals surface area contributed by atoms with Crippen molar-refractivity contribution in [2.45, 2.75) is 39.4 Å². The second-order valence-electron chi connectivity index (χ2n) is 8.13. The second kappa shape index (κ2) is 9.43. The Labute approximate surface area is 181 Å². The fourth-order valence-electron chi connectivity index (χ4n) is 3.07. The highest BCUT2D eigenvalue weighted by molar-refractivity contribution is 6.30. The monoisotopic (exact) mass is 434 g/mol. The van der Waals surface area contributed by atoms with Gasteiger partial charge in [0.1, 0.15) is 23.7 Å². The van der Waals surface area contributed by atoms with Crippen molar-refractivity contribution in [3.05, 3.63) is 52.9 Å². The molecule has 0 bridgehead atoms. The molecule has 2 heterocycles. The molecule has 1 saturated heterocycles. The van der Waals surface area contributed by atoms with Crippen LogP contribution in [0.4, 0.5) is 4.79 Å². The van der Waals surface area contributed by atoms with E-state index in [2.05, 4.69) is 0 Å². The number of hydrogen-bond acceptors (Lipinski definition) is 5. The van der Waals surface area contributed by atoms with E-state index >= 15 is 0 Å². The van der Waals surface area contributed by atoms with Gasteiger partial charge >= 0.3 is 6.09 Å². The summed E-state index contributed by atoms with van der Waals surface area (Å²) in [5, 5.41) is 0.587. The van der Waals surface area contributed by atoms with E-state index in [0.717, 1.165) is 0 Å². The molecule has 7 nitrogen and oxygen atoms in total. The van der Waals surface area contributed by atoms with Crippen LogP contribution in [0.1, 0.15) is 43.5 Å². The summed E-state index contributed by atoms with van der Waals surface area (Å²) in [5.41, 5.74) is -0.545. The van der Waals surface area contributed by atoms with Crippen LogP contribution < -0.4 is 4.74 Å². The summed E-state index contributed by atoms with van der Waals surface area (Å²) in [5.74, 6) is 1.23. The Bertz CT molecular complexity index is 890. The van der Waals surface area contributed by atoms with Crippen LogP contribution >= 0.6 is 11.6 Å². The standard InChI is InChI=1S/C22H27ClN2O5/c1-22(2,3)30-21(27)25-11-5-10-24(12-13-25)20(26)19-9-8-18(29-19)15-28-17-7-4-6-16(23)14-17/h4,6-9,14H,5,10-13,15H2,1-3H3. The van der Waals surface area contributed by atoms with Gasteiger partial charge in [-0.25, -0.2) is 4.79 Å². The number of halogens is 1. The Morgan fingerprint density at radius 1 is 1.07 bits per heavy atom. The molecular weight excluding hydrogens is 408 g/mol. The van der Waals surface area contributed by atoms with Crippen molar-refractivity contribution in [3.63, 3.8) is 0 Å². The average Bonchev–Trinajstić information content (AvgIpc) is 3.00. The van der Waals surface area contributed by atoms with E-state index in [1.54, 1.807) is 46.2 Å². The van der Waals surface area contributed by atoms with Crippen molar-refractivity contribution in [1.82, 2.24) is 9.80 Å². The highest BCUT2D eigenvalue weighted by Crippen LogP contribution is 2.20. The summed E-state index contributed by atoms with van der Waals surface area (Å²) in [6.45, 7) is 7.65. The Hall–Kier alpha value is -2.67. The van der Waals surface area contributed by atoms with E-state index in [-0.39, 0.29) is 24.4 Å². The number of furan rings is 1. The molecule has 3 rings (SSSR count). The van der Waals surface area contributed by atoms with Gasteiger partial charge in [-0.05, 0) is 57.5 Å². The molecule has 1 aliphatic rings. The maximum Gasteiger partial charge on any atom is 0.410 e. The van der Waals surface area contributed by atoms with E-state index in [0.29, 0.717) is 49.1 Å². The van der Waals surface area contributed by atoms with Gasteiger partial charge < -0.3 is 23.7 Å². The van der Waals surface area contributed by atoms with Crippen LogP contribution in [-0.2, 0) is 11.3 Å². The van der Waals surface area contributed by atoms with Gasteiger partial charge in [-0.1, -0.05) is 17.7 Å². The van der Waals surface area contributed by atoms with Crippen molar-refractivity contribution in [1.29, 1.82) is 0 Å². The van der Waals surface area contributed by atoms with Gasteiger partial charge in [-0.3, -0.25) is 4.79 Å². The molecule has 8 heteroatoms. The third kappa shape index (κ3) is 6.16. The molecule has 1 fully saturated rings. The normalized spacial score (nSPS) is 14.9. The van der Waals surface area contributed by atoms with E-state index in [1.807, 2.05) is 20.8 Å². The lowest BCUT2D eigenvalue weighted by Gasteiger charge is -2.26. The zero-order valence-electron chi connectivity index (χ0n) is 17.5. The molecule has 1 aliphatic heterocycles. The molecule has 1 aromatic carbocycles. The molecule has 2 amide bonds. The quantitative estimate of drug-likeness (QED) is 0.703. The number of ether oxygens (including phenoxy) is 2. The molecule has 0 atom stereocenters. The number of carbonyl (C=O) groups is 2. The van der Waals surface area contributed by atoms with E-state index in [4.69, 9.17) is 25.5 Å². The number of carbonyl (C=O) groups excluding carboxylic acids is 2. The SMILES string of the molecule is CC(C)(C)OC(=O)N1CCCN(C(=O)c2ccc(COc3cccc(Cl)c3)o2)CC1. The number of benzene rings is 1. The Balaban J connectivity index is 1.54. The first-order chi connectivity index (χ1) is 14.2. The van der Waals surface area contributed by atoms with Crippen LogP contribution in [0.25, 0.3) is 0 Å². The molecule has 0 spiro atoms. The largest absolute Gasteiger partial charge is 0.486 e. The fraction of sp³-hybridized carbons (Fsp3) is 0.455. The van der Waals surface area contributed by atoms with Crippen LogP contribution in [0.15, 0.2) is 40.8 Å². The summed E-state index contributed by atoms with van der Waals surface area (Å²) >= 11 is 5.95. The zero-order chi connectivity index (χ0) is 21.7. The van der Waals surface area contributed by atoms with E-state index in [1.165, 1.54) is 0 Å². The predicted octanol–water partition coefficient (Wildman–Crippen LogP) is 4.60. The van der Waals surface area contributed by atoms with E-state index < -0.39 is 5.60 Å². The number of hydrogen-bond donors (Lipinski definition) is 0.